The van der Waals surface area contributed by atoms with Crippen LogP contribution in [0.25, 0.3) is 10.9 Å². The lowest BCUT2D eigenvalue weighted by Crippen LogP contribution is -2.27. The molecule has 1 aliphatic rings. The molecule has 238 valence electrons. The number of carbonyl (C=O) groups excluding carboxylic acids is 2. The number of furan rings is 1. The van der Waals surface area contributed by atoms with Gasteiger partial charge >= 0.3 is 0 Å². The summed E-state index contributed by atoms with van der Waals surface area (Å²) in [6.45, 7) is 1.27. The van der Waals surface area contributed by atoms with Crippen molar-refractivity contribution in [2.75, 3.05) is 33.3 Å². The second-order valence-electron chi connectivity index (χ2n) is 10.3. The van der Waals surface area contributed by atoms with Crippen molar-refractivity contribution in [3.05, 3.63) is 70.4 Å². The maximum Gasteiger partial charge on any atom is 0.262 e. The Balaban J connectivity index is 1.14. The SMILES string of the molecule is COc1ccc(CCNC(=O)CCCCCn2c(SCC(=O)NCc3ccco3)nc3cc4c(cc3c2=O)OCO4)cc1OC. The maximum atomic E-state index is 13.6. The van der Waals surface area contributed by atoms with Crippen molar-refractivity contribution in [3.8, 4) is 23.0 Å². The van der Waals surface area contributed by atoms with Crippen molar-refractivity contribution in [1.29, 1.82) is 0 Å². The molecule has 0 saturated heterocycles. The van der Waals surface area contributed by atoms with E-state index in [-0.39, 0.29) is 36.5 Å². The zero-order valence-corrected chi connectivity index (χ0v) is 26.1. The van der Waals surface area contributed by atoms with Gasteiger partial charge in [-0.25, -0.2) is 4.98 Å². The number of hydrogen-bond donors (Lipinski definition) is 2. The number of nitrogens with one attached hydrogen (secondary N) is 2. The Bertz CT molecular complexity index is 1690. The summed E-state index contributed by atoms with van der Waals surface area (Å²) >= 11 is 1.19. The van der Waals surface area contributed by atoms with Crippen LogP contribution in [-0.4, -0.2) is 54.7 Å². The van der Waals surface area contributed by atoms with Crippen LogP contribution in [0.5, 0.6) is 23.0 Å². The predicted octanol–water partition coefficient (Wildman–Crippen LogP) is 4.06. The lowest BCUT2D eigenvalue weighted by atomic mass is 10.1. The Morgan fingerprint density at radius 3 is 2.58 bits per heavy atom. The molecule has 45 heavy (non-hydrogen) atoms. The van der Waals surface area contributed by atoms with E-state index in [0.29, 0.717) is 83.6 Å². The fraction of sp³-hybridized carbons (Fsp3) is 0.375. The van der Waals surface area contributed by atoms with E-state index in [1.165, 1.54) is 11.8 Å². The first-order valence-corrected chi connectivity index (χ1v) is 15.7. The molecule has 0 saturated carbocycles. The highest BCUT2D eigenvalue weighted by molar-refractivity contribution is 7.99. The minimum atomic E-state index is -0.218. The van der Waals surface area contributed by atoms with Crippen LogP contribution in [0, 0.1) is 0 Å². The van der Waals surface area contributed by atoms with E-state index in [1.54, 1.807) is 49.3 Å². The molecule has 0 bridgehead atoms. The van der Waals surface area contributed by atoms with Crippen molar-refractivity contribution < 1.29 is 33.0 Å². The third-order valence-electron chi connectivity index (χ3n) is 7.26. The molecule has 3 heterocycles. The molecular weight excluding hydrogens is 600 g/mol. The zero-order valence-electron chi connectivity index (χ0n) is 25.3. The molecule has 2 aromatic heterocycles. The van der Waals surface area contributed by atoms with Crippen LogP contribution in [0.3, 0.4) is 0 Å². The van der Waals surface area contributed by atoms with Gasteiger partial charge in [-0.1, -0.05) is 24.2 Å². The summed E-state index contributed by atoms with van der Waals surface area (Å²) in [5, 5.41) is 6.63. The third-order valence-corrected chi connectivity index (χ3v) is 8.23. The lowest BCUT2D eigenvalue weighted by molar-refractivity contribution is -0.121. The molecule has 0 aliphatic carbocycles. The van der Waals surface area contributed by atoms with Crippen molar-refractivity contribution in [1.82, 2.24) is 20.2 Å². The quantitative estimate of drug-likeness (QED) is 0.105. The first-order valence-electron chi connectivity index (χ1n) is 14.7. The van der Waals surface area contributed by atoms with Gasteiger partial charge in [-0.05, 0) is 55.2 Å². The van der Waals surface area contributed by atoms with Crippen molar-refractivity contribution in [2.24, 2.45) is 0 Å². The molecule has 13 heteroatoms. The molecule has 1 aliphatic heterocycles. The van der Waals surface area contributed by atoms with E-state index in [0.717, 1.165) is 12.0 Å². The minimum Gasteiger partial charge on any atom is -0.493 e. The first kappa shape index (κ1) is 31.8. The number of aromatic nitrogens is 2. The molecule has 0 fully saturated rings. The summed E-state index contributed by atoms with van der Waals surface area (Å²) in [6, 6.07) is 12.6. The number of amides is 2. The second-order valence-corrected chi connectivity index (χ2v) is 11.3. The number of methoxy groups -OCH3 is 2. The van der Waals surface area contributed by atoms with Gasteiger partial charge in [0, 0.05) is 25.6 Å². The number of fused-ring (bicyclic) bond motifs is 2. The third kappa shape index (κ3) is 8.29. The Morgan fingerprint density at radius 2 is 1.80 bits per heavy atom. The van der Waals surface area contributed by atoms with Crippen LogP contribution in [0.2, 0.25) is 0 Å². The zero-order chi connectivity index (χ0) is 31.6. The van der Waals surface area contributed by atoms with E-state index in [2.05, 4.69) is 10.6 Å². The Kier molecular flexibility index (Phi) is 10.9. The largest absolute Gasteiger partial charge is 0.493 e. The van der Waals surface area contributed by atoms with Gasteiger partial charge in [0.25, 0.3) is 5.56 Å². The molecule has 12 nitrogen and oxygen atoms in total. The minimum absolute atomic E-state index is 0.0205. The molecule has 5 rings (SSSR count). The molecule has 0 spiro atoms. The molecule has 2 N–H and O–H groups in total. The van der Waals surface area contributed by atoms with E-state index >= 15 is 0 Å². The molecule has 4 aromatic rings. The van der Waals surface area contributed by atoms with Crippen LogP contribution in [0.4, 0.5) is 0 Å². The Hall–Kier alpha value is -4.65. The van der Waals surface area contributed by atoms with Gasteiger partial charge in [-0.2, -0.15) is 0 Å². The fourth-order valence-electron chi connectivity index (χ4n) is 4.88. The number of benzene rings is 2. The summed E-state index contributed by atoms with van der Waals surface area (Å²) in [6.07, 6.45) is 4.68. The molecule has 2 aromatic carbocycles. The van der Waals surface area contributed by atoms with Crippen LogP contribution in [-0.2, 0) is 29.1 Å². The summed E-state index contributed by atoms with van der Waals surface area (Å²) < 4.78 is 28.4. The Morgan fingerprint density at radius 1 is 0.978 bits per heavy atom. The highest BCUT2D eigenvalue weighted by Crippen LogP contribution is 2.35. The highest BCUT2D eigenvalue weighted by atomic mass is 32.2. The fourth-order valence-corrected chi connectivity index (χ4v) is 5.74. The van der Waals surface area contributed by atoms with Gasteiger partial charge in [0.05, 0.1) is 43.7 Å². The van der Waals surface area contributed by atoms with Gasteiger partial charge in [0.1, 0.15) is 5.76 Å². The lowest BCUT2D eigenvalue weighted by Gasteiger charge is -2.13. The van der Waals surface area contributed by atoms with Crippen molar-refractivity contribution >= 4 is 34.5 Å². The van der Waals surface area contributed by atoms with Crippen molar-refractivity contribution in [2.45, 2.75) is 50.4 Å². The maximum absolute atomic E-state index is 13.6. The summed E-state index contributed by atoms with van der Waals surface area (Å²) in [5.74, 6) is 2.85. The van der Waals surface area contributed by atoms with Crippen LogP contribution in [0.1, 0.15) is 37.0 Å². The number of thioether (sulfide) groups is 1. The standard InChI is InChI=1S/C32H36N4O8S/c1-40-25-10-9-21(15-26(25)41-2)11-12-33-29(37)8-4-3-5-13-36-31(39)23-16-27-28(44-20-43-27)17-24(23)35-32(36)45-19-30(38)34-18-22-7-6-14-42-22/h6-7,9-10,14-17H,3-5,8,11-13,18-20H2,1-2H3,(H,33,37)(H,34,38). The van der Waals surface area contributed by atoms with Gasteiger partial charge in [-0.15, -0.1) is 0 Å². The molecule has 2 amide bonds. The van der Waals surface area contributed by atoms with E-state index in [1.807, 2.05) is 18.2 Å². The smallest absolute Gasteiger partial charge is 0.262 e. The molecule has 0 unspecified atom stereocenters. The normalized spacial score (nSPS) is 11.9. The molecule has 0 radical (unpaired) electrons. The molecule has 0 atom stereocenters. The number of carbonyl (C=O) groups is 2. The van der Waals surface area contributed by atoms with Crippen LogP contribution in [0.15, 0.2) is 63.1 Å². The van der Waals surface area contributed by atoms with Crippen molar-refractivity contribution in [3.63, 3.8) is 0 Å². The van der Waals surface area contributed by atoms with Gasteiger partial charge < -0.3 is 34.0 Å². The number of nitrogens with zero attached hydrogens (tertiary/aromatic N) is 2. The average Bonchev–Trinajstić information content (AvgIpc) is 3.75. The number of hydrogen-bond acceptors (Lipinski definition) is 10. The van der Waals surface area contributed by atoms with Crippen LogP contribution < -0.4 is 35.1 Å². The summed E-state index contributed by atoms with van der Waals surface area (Å²) in [5.41, 5.74) is 1.29. The summed E-state index contributed by atoms with van der Waals surface area (Å²) in [4.78, 5) is 43.2. The van der Waals surface area contributed by atoms with Gasteiger partial charge in [0.2, 0.25) is 18.6 Å². The first-order chi connectivity index (χ1) is 21.9. The van der Waals surface area contributed by atoms with Gasteiger partial charge in [-0.3, -0.25) is 19.0 Å². The number of ether oxygens (including phenoxy) is 4. The molecular formula is C32H36N4O8S. The second kappa shape index (κ2) is 15.4. The Labute approximate surface area is 264 Å². The monoisotopic (exact) mass is 636 g/mol. The van der Waals surface area contributed by atoms with E-state index in [9.17, 15) is 14.4 Å². The van der Waals surface area contributed by atoms with E-state index < -0.39 is 0 Å². The number of rotatable bonds is 16. The predicted molar refractivity (Wildman–Crippen MR) is 168 cm³/mol. The van der Waals surface area contributed by atoms with Crippen LogP contribution >= 0.6 is 11.8 Å². The average molecular weight is 637 g/mol. The topological polar surface area (TPSA) is 143 Å². The summed E-state index contributed by atoms with van der Waals surface area (Å²) in [7, 11) is 3.19. The van der Waals surface area contributed by atoms with Gasteiger partial charge in [0.15, 0.2) is 28.2 Å². The number of unbranched alkanes of at least 4 members (excludes halogenated alkanes) is 2. The van der Waals surface area contributed by atoms with E-state index in [4.69, 9.17) is 28.3 Å². The highest BCUT2D eigenvalue weighted by Gasteiger charge is 2.20.